The van der Waals surface area contributed by atoms with Crippen LogP contribution in [0.1, 0.15) is 62.3 Å². The zero-order chi connectivity index (χ0) is 14.6. The summed E-state index contributed by atoms with van der Waals surface area (Å²) < 4.78 is 4.75. The van der Waals surface area contributed by atoms with Crippen LogP contribution in [0.4, 0.5) is 0 Å². The SMILES string of the molecule is CC(=O)P(N(C(C)C)C(C)C)N(C(C)C)C(C)C. The molecule has 0 aromatic carbocycles. The third kappa shape index (κ3) is 4.60. The molecule has 0 aliphatic rings. The highest BCUT2D eigenvalue weighted by Crippen LogP contribution is 2.50. The van der Waals surface area contributed by atoms with E-state index in [1.54, 1.807) is 6.92 Å². The molecule has 0 N–H and O–H groups in total. The van der Waals surface area contributed by atoms with Crippen LogP contribution in [0.25, 0.3) is 0 Å². The fourth-order valence-corrected chi connectivity index (χ4v) is 5.15. The van der Waals surface area contributed by atoms with Crippen molar-refractivity contribution in [3.05, 3.63) is 0 Å². The lowest BCUT2D eigenvalue weighted by Gasteiger charge is -2.45. The number of hydrogen-bond donors (Lipinski definition) is 0. The van der Waals surface area contributed by atoms with Crippen molar-refractivity contribution >= 4 is 13.7 Å². The highest BCUT2D eigenvalue weighted by Gasteiger charge is 2.35. The van der Waals surface area contributed by atoms with E-state index in [1.165, 1.54) is 0 Å². The molecule has 3 nitrogen and oxygen atoms in total. The molecule has 0 amide bonds. The number of carbonyl (C=O) groups excluding carboxylic acids is 1. The van der Waals surface area contributed by atoms with Gasteiger partial charge in [0.15, 0.2) is 5.52 Å². The Kier molecular flexibility index (Phi) is 7.58. The molecule has 0 spiro atoms. The quantitative estimate of drug-likeness (QED) is 0.653. The minimum Gasteiger partial charge on any atom is -0.292 e. The van der Waals surface area contributed by atoms with Crippen LogP contribution in [0, 0.1) is 0 Å². The number of carbonyl (C=O) groups is 1. The largest absolute Gasteiger partial charge is 0.292 e. The Bertz CT molecular complexity index is 229. The van der Waals surface area contributed by atoms with E-state index in [2.05, 4.69) is 64.7 Å². The maximum absolute atomic E-state index is 12.2. The summed E-state index contributed by atoms with van der Waals surface area (Å²) in [6, 6.07) is 1.56. The third-order valence-electron chi connectivity index (χ3n) is 2.84. The molecule has 0 heterocycles. The molecule has 0 saturated carbocycles. The molecule has 0 fully saturated rings. The van der Waals surface area contributed by atoms with E-state index in [0.29, 0.717) is 29.7 Å². The van der Waals surface area contributed by atoms with Gasteiger partial charge in [-0.2, -0.15) is 0 Å². The Morgan fingerprint density at radius 1 is 0.722 bits per heavy atom. The first kappa shape index (κ1) is 18.0. The fourth-order valence-electron chi connectivity index (χ4n) is 2.51. The fraction of sp³-hybridized carbons (Fsp3) is 0.929. The van der Waals surface area contributed by atoms with Crippen LogP contribution >= 0.6 is 8.22 Å². The van der Waals surface area contributed by atoms with Crippen molar-refractivity contribution in [3.8, 4) is 0 Å². The molecule has 0 bridgehead atoms. The van der Waals surface area contributed by atoms with Crippen LogP contribution in [0.5, 0.6) is 0 Å². The molecule has 18 heavy (non-hydrogen) atoms. The van der Waals surface area contributed by atoms with Gasteiger partial charge in [-0.15, -0.1) is 0 Å². The predicted molar refractivity (Wildman–Crippen MR) is 81.8 cm³/mol. The van der Waals surface area contributed by atoms with Gasteiger partial charge in [0.2, 0.25) is 0 Å². The molecule has 4 heteroatoms. The zero-order valence-corrected chi connectivity index (χ0v) is 14.5. The van der Waals surface area contributed by atoms with Crippen molar-refractivity contribution in [2.75, 3.05) is 0 Å². The molecule has 0 aliphatic heterocycles. The monoisotopic (exact) mass is 274 g/mol. The first-order valence-electron chi connectivity index (χ1n) is 6.98. The molecule has 0 aromatic heterocycles. The molecule has 0 aromatic rings. The van der Waals surface area contributed by atoms with Gasteiger partial charge in [-0.25, -0.2) is 0 Å². The summed E-state index contributed by atoms with van der Waals surface area (Å²) in [6.07, 6.45) is 0. The van der Waals surface area contributed by atoms with E-state index in [0.717, 1.165) is 0 Å². The van der Waals surface area contributed by atoms with Gasteiger partial charge in [0.05, 0.1) is 0 Å². The summed E-state index contributed by atoms with van der Waals surface area (Å²) in [5, 5.41) is 0. The van der Waals surface area contributed by atoms with Crippen LogP contribution in [0.2, 0.25) is 0 Å². The summed E-state index contributed by atoms with van der Waals surface area (Å²) >= 11 is 0. The van der Waals surface area contributed by atoms with E-state index >= 15 is 0 Å². The van der Waals surface area contributed by atoms with Gasteiger partial charge < -0.3 is 0 Å². The second-order valence-corrected chi connectivity index (χ2v) is 8.08. The Morgan fingerprint density at radius 2 is 0.944 bits per heavy atom. The van der Waals surface area contributed by atoms with Gasteiger partial charge in [0, 0.05) is 31.1 Å². The maximum atomic E-state index is 12.2. The number of hydrogen-bond acceptors (Lipinski definition) is 3. The second kappa shape index (κ2) is 7.57. The van der Waals surface area contributed by atoms with E-state index in [4.69, 9.17) is 0 Å². The molecule has 108 valence electrons. The Morgan fingerprint density at radius 3 is 1.06 bits per heavy atom. The van der Waals surface area contributed by atoms with Gasteiger partial charge in [-0.3, -0.25) is 14.1 Å². The van der Waals surface area contributed by atoms with Crippen molar-refractivity contribution in [2.24, 2.45) is 0 Å². The minimum absolute atomic E-state index is 0.301. The van der Waals surface area contributed by atoms with Crippen LogP contribution in [-0.4, -0.2) is 39.0 Å². The first-order chi connectivity index (χ1) is 8.11. The second-order valence-electron chi connectivity index (χ2n) is 5.94. The average Bonchev–Trinajstić information content (AvgIpc) is 2.13. The summed E-state index contributed by atoms with van der Waals surface area (Å²) in [6.45, 7) is 19.2. The van der Waals surface area contributed by atoms with Crippen LogP contribution < -0.4 is 0 Å². The standard InChI is InChI=1S/C14H31N2OP/c1-10(2)15(11(3)4)18(14(9)17)16(12(5)6)13(7)8/h10-13H,1-9H3. The minimum atomic E-state index is -0.877. The van der Waals surface area contributed by atoms with Gasteiger partial charge >= 0.3 is 0 Å². The van der Waals surface area contributed by atoms with Crippen LogP contribution in [0.15, 0.2) is 0 Å². The molecular formula is C14H31N2OP. The summed E-state index contributed by atoms with van der Waals surface area (Å²) in [5.74, 6) is 0. The molecule has 0 unspecified atom stereocenters. The molecular weight excluding hydrogens is 243 g/mol. The van der Waals surface area contributed by atoms with E-state index in [9.17, 15) is 4.79 Å². The van der Waals surface area contributed by atoms with Gasteiger partial charge in [0.1, 0.15) is 8.22 Å². The van der Waals surface area contributed by atoms with Crippen molar-refractivity contribution in [2.45, 2.75) is 86.5 Å². The van der Waals surface area contributed by atoms with E-state index in [-0.39, 0.29) is 0 Å². The number of nitrogens with zero attached hydrogens (tertiary/aromatic N) is 2. The molecule has 0 rings (SSSR count). The normalized spacial score (nSPS) is 13.1. The van der Waals surface area contributed by atoms with Gasteiger partial charge in [-0.1, -0.05) is 0 Å². The zero-order valence-electron chi connectivity index (χ0n) is 13.6. The highest BCUT2D eigenvalue weighted by molar-refractivity contribution is 7.70. The Hall–Kier alpha value is 0.0200. The average molecular weight is 274 g/mol. The van der Waals surface area contributed by atoms with Crippen molar-refractivity contribution in [1.29, 1.82) is 0 Å². The lowest BCUT2D eigenvalue weighted by molar-refractivity contribution is -0.110. The lowest BCUT2D eigenvalue weighted by atomic mass is 10.3. The summed E-state index contributed by atoms with van der Waals surface area (Å²) in [7, 11) is -0.877. The predicted octanol–water partition coefficient (Wildman–Crippen LogP) is 4.08. The molecule has 0 saturated heterocycles. The van der Waals surface area contributed by atoms with E-state index < -0.39 is 8.22 Å². The summed E-state index contributed by atoms with van der Waals surface area (Å²) in [5.41, 5.74) is 0.301. The van der Waals surface area contributed by atoms with Crippen LogP contribution in [-0.2, 0) is 4.79 Å². The Balaban J connectivity index is 5.44. The molecule has 0 radical (unpaired) electrons. The third-order valence-corrected chi connectivity index (χ3v) is 6.12. The summed E-state index contributed by atoms with van der Waals surface area (Å²) in [4.78, 5) is 12.2. The molecule has 0 atom stereocenters. The van der Waals surface area contributed by atoms with Gasteiger partial charge in [0.25, 0.3) is 0 Å². The lowest BCUT2D eigenvalue weighted by Crippen LogP contribution is -2.44. The van der Waals surface area contributed by atoms with E-state index in [1.807, 2.05) is 0 Å². The van der Waals surface area contributed by atoms with Crippen molar-refractivity contribution < 1.29 is 4.79 Å². The van der Waals surface area contributed by atoms with Crippen LogP contribution in [0.3, 0.4) is 0 Å². The van der Waals surface area contributed by atoms with Crippen molar-refractivity contribution in [1.82, 2.24) is 9.34 Å². The Labute approximate surface area is 115 Å². The highest BCUT2D eigenvalue weighted by atomic mass is 31.1. The first-order valence-corrected chi connectivity index (χ1v) is 8.23. The smallest absolute Gasteiger partial charge is 0.182 e. The molecule has 0 aliphatic carbocycles. The topological polar surface area (TPSA) is 23.6 Å². The number of rotatable bonds is 7. The van der Waals surface area contributed by atoms with Crippen molar-refractivity contribution in [3.63, 3.8) is 0 Å². The maximum Gasteiger partial charge on any atom is 0.182 e. The van der Waals surface area contributed by atoms with Gasteiger partial charge in [-0.05, 0) is 55.4 Å².